The molecule has 0 aliphatic carbocycles. The van der Waals surface area contributed by atoms with Crippen molar-refractivity contribution in [3.63, 3.8) is 0 Å². The van der Waals surface area contributed by atoms with Crippen LogP contribution in [0.4, 0.5) is 0 Å². The van der Waals surface area contributed by atoms with Crippen LogP contribution in [0.15, 0.2) is 29.2 Å². The number of thioether (sulfide) groups is 1. The lowest BCUT2D eigenvalue weighted by Gasteiger charge is -2.08. The molecule has 2 N–H and O–H groups in total. The maximum absolute atomic E-state index is 11.4. The number of aliphatic carboxylic acids is 1. The first kappa shape index (κ1) is 13.6. The second-order valence-corrected chi connectivity index (χ2v) is 4.78. The molecule has 0 spiro atoms. The van der Waals surface area contributed by atoms with Gasteiger partial charge in [-0.1, -0.05) is 17.7 Å². The molecule has 1 amide bonds. The molecule has 0 aliphatic rings. The summed E-state index contributed by atoms with van der Waals surface area (Å²) >= 11 is 1.39. The van der Waals surface area contributed by atoms with Gasteiger partial charge < -0.3 is 10.4 Å². The average Bonchev–Trinajstić information content (AvgIpc) is 2.28. The van der Waals surface area contributed by atoms with Crippen molar-refractivity contribution >= 4 is 23.6 Å². The quantitative estimate of drug-likeness (QED) is 0.783. The van der Waals surface area contributed by atoms with Crippen LogP contribution in [-0.2, 0) is 9.59 Å². The fraction of sp³-hybridized carbons (Fsp3) is 0.333. The van der Waals surface area contributed by atoms with E-state index >= 15 is 0 Å². The van der Waals surface area contributed by atoms with Crippen molar-refractivity contribution in [2.75, 3.05) is 5.75 Å². The Morgan fingerprint density at radius 1 is 1.35 bits per heavy atom. The second-order valence-electron chi connectivity index (χ2n) is 3.73. The zero-order valence-electron chi connectivity index (χ0n) is 9.77. The summed E-state index contributed by atoms with van der Waals surface area (Å²) < 4.78 is 0. The Morgan fingerprint density at radius 3 is 2.47 bits per heavy atom. The Labute approximate surface area is 104 Å². The van der Waals surface area contributed by atoms with Gasteiger partial charge in [-0.05, 0) is 26.0 Å². The van der Waals surface area contributed by atoms with Gasteiger partial charge in [0.05, 0.1) is 5.75 Å². The maximum atomic E-state index is 11.4. The second kappa shape index (κ2) is 6.30. The van der Waals surface area contributed by atoms with Crippen LogP contribution in [0, 0.1) is 6.92 Å². The van der Waals surface area contributed by atoms with Crippen LogP contribution in [0.1, 0.15) is 12.5 Å². The van der Waals surface area contributed by atoms with Gasteiger partial charge in [-0.2, -0.15) is 0 Å². The van der Waals surface area contributed by atoms with Gasteiger partial charge in [0.25, 0.3) is 0 Å². The smallest absolute Gasteiger partial charge is 0.325 e. The molecule has 1 aromatic carbocycles. The largest absolute Gasteiger partial charge is 0.480 e. The van der Waals surface area contributed by atoms with Crippen molar-refractivity contribution in [2.45, 2.75) is 24.8 Å². The van der Waals surface area contributed by atoms with Gasteiger partial charge in [0.15, 0.2) is 0 Å². The van der Waals surface area contributed by atoms with Gasteiger partial charge in [0.2, 0.25) is 5.91 Å². The number of carboxylic acids is 1. The molecule has 1 aromatic rings. The first-order valence-electron chi connectivity index (χ1n) is 5.20. The van der Waals surface area contributed by atoms with E-state index in [-0.39, 0.29) is 11.7 Å². The molecule has 17 heavy (non-hydrogen) atoms. The van der Waals surface area contributed by atoms with E-state index in [2.05, 4.69) is 5.32 Å². The molecule has 0 heterocycles. The van der Waals surface area contributed by atoms with E-state index in [1.807, 2.05) is 31.2 Å². The topological polar surface area (TPSA) is 66.4 Å². The highest BCUT2D eigenvalue weighted by Crippen LogP contribution is 2.17. The normalized spacial score (nSPS) is 11.9. The van der Waals surface area contributed by atoms with Gasteiger partial charge in [-0.25, -0.2) is 0 Å². The third-order valence-electron chi connectivity index (χ3n) is 2.14. The van der Waals surface area contributed by atoms with Crippen molar-refractivity contribution in [1.29, 1.82) is 0 Å². The van der Waals surface area contributed by atoms with Crippen molar-refractivity contribution in [3.05, 3.63) is 29.8 Å². The lowest BCUT2D eigenvalue weighted by Crippen LogP contribution is -2.39. The van der Waals surface area contributed by atoms with E-state index in [4.69, 9.17) is 5.11 Å². The van der Waals surface area contributed by atoms with Gasteiger partial charge in [0.1, 0.15) is 6.04 Å². The minimum atomic E-state index is -1.03. The molecule has 0 unspecified atom stereocenters. The molecule has 1 rings (SSSR count). The van der Waals surface area contributed by atoms with Crippen molar-refractivity contribution in [1.82, 2.24) is 5.32 Å². The number of benzene rings is 1. The third kappa shape index (κ3) is 4.91. The van der Waals surface area contributed by atoms with Crippen molar-refractivity contribution < 1.29 is 14.7 Å². The monoisotopic (exact) mass is 253 g/mol. The van der Waals surface area contributed by atoms with Gasteiger partial charge in [-0.15, -0.1) is 11.8 Å². The molecule has 4 nitrogen and oxygen atoms in total. The Morgan fingerprint density at radius 2 is 1.94 bits per heavy atom. The number of hydrogen-bond acceptors (Lipinski definition) is 3. The summed E-state index contributed by atoms with van der Waals surface area (Å²) in [6.07, 6.45) is 0. The van der Waals surface area contributed by atoms with Crippen molar-refractivity contribution in [2.24, 2.45) is 0 Å². The minimum absolute atomic E-state index is 0.223. The number of hydrogen-bond donors (Lipinski definition) is 2. The molecule has 0 saturated carbocycles. The third-order valence-corrected chi connectivity index (χ3v) is 3.15. The first-order chi connectivity index (χ1) is 7.99. The molecular weight excluding hydrogens is 238 g/mol. The molecule has 0 aromatic heterocycles. The molecule has 92 valence electrons. The summed E-state index contributed by atoms with van der Waals surface area (Å²) in [5, 5.41) is 11.0. The van der Waals surface area contributed by atoms with E-state index in [0.29, 0.717) is 0 Å². The fourth-order valence-corrected chi connectivity index (χ4v) is 1.84. The summed E-state index contributed by atoms with van der Waals surface area (Å²) in [7, 11) is 0. The summed E-state index contributed by atoms with van der Waals surface area (Å²) in [6.45, 7) is 3.44. The van der Waals surface area contributed by atoms with E-state index in [9.17, 15) is 9.59 Å². The zero-order chi connectivity index (χ0) is 12.8. The lowest BCUT2D eigenvalue weighted by atomic mass is 10.2. The molecule has 5 heteroatoms. The van der Waals surface area contributed by atoms with Crippen LogP contribution in [0.25, 0.3) is 0 Å². The molecule has 0 fully saturated rings. The van der Waals surface area contributed by atoms with Gasteiger partial charge in [0, 0.05) is 4.90 Å². The van der Waals surface area contributed by atoms with Gasteiger partial charge >= 0.3 is 5.97 Å². The summed E-state index contributed by atoms with van der Waals surface area (Å²) in [4.78, 5) is 22.9. The predicted molar refractivity (Wildman–Crippen MR) is 67.1 cm³/mol. The molecule has 0 saturated heterocycles. The van der Waals surface area contributed by atoms with Crippen LogP contribution >= 0.6 is 11.8 Å². The summed E-state index contributed by atoms with van der Waals surface area (Å²) in [5.74, 6) is -1.08. The predicted octanol–water partition coefficient (Wildman–Crippen LogP) is 1.68. The van der Waals surface area contributed by atoms with Crippen molar-refractivity contribution in [3.8, 4) is 0 Å². The number of nitrogens with one attached hydrogen (secondary N) is 1. The van der Waals surface area contributed by atoms with E-state index in [0.717, 1.165) is 4.90 Å². The molecule has 0 aliphatic heterocycles. The van der Waals surface area contributed by atoms with E-state index in [1.165, 1.54) is 24.2 Å². The minimum Gasteiger partial charge on any atom is -0.480 e. The highest BCUT2D eigenvalue weighted by atomic mass is 32.2. The number of carbonyl (C=O) groups is 2. The number of aryl methyl sites for hydroxylation is 1. The number of carbonyl (C=O) groups excluding carboxylic acids is 1. The number of rotatable bonds is 5. The van der Waals surface area contributed by atoms with E-state index in [1.54, 1.807) is 0 Å². The molecular formula is C12H15NO3S. The van der Waals surface area contributed by atoms with Crippen LogP contribution < -0.4 is 5.32 Å². The fourth-order valence-electron chi connectivity index (χ4n) is 1.13. The standard InChI is InChI=1S/C12H15NO3S/c1-8-3-5-10(6-4-8)17-7-11(14)13-9(2)12(15)16/h3-6,9H,7H2,1-2H3,(H,13,14)(H,15,16)/t9-/m1/s1. The molecule has 0 radical (unpaired) electrons. The van der Waals surface area contributed by atoms with Gasteiger partial charge in [-0.3, -0.25) is 9.59 Å². The van der Waals surface area contributed by atoms with Crippen LogP contribution in [0.2, 0.25) is 0 Å². The Hall–Kier alpha value is -1.49. The lowest BCUT2D eigenvalue weighted by molar-refractivity contribution is -0.140. The maximum Gasteiger partial charge on any atom is 0.325 e. The molecule has 0 bridgehead atoms. The zero-order valence-corrected chi connectivity index (χ0v) is 10.6. The van der Waals surface area contributed by atoms with Crippen LogP contribution in [0.3, 0.4) is 0 Å². The number of amides is 1. The molecule has 1 atom stereocenters. The van der Waals surface area contributed by atoms with Crippen LogP contribution in [0.5, 0.6) is 0 Å². The van der Waals surface area contributed by atoms with Crippen LogP contribution in [-0.4, -0.2) is 28.8 Å². The number of carboxylic acid groups (broad SMARTS) is 1. The Bertz CT molecular complexity index is 403. The SMILES string of the molecule is Cc1ccc(SCC(=O)N[C@H](C)C(=O)O)cc1. The summed E-state index contributed by atoms with van der Waals surface area (Å²) in [6, 6.07) is 6.98. The average molecular weight is 253 g/mol. The highest BCUT2D eigenvalue weighted by Gasteiger charge is 2.13. The first-order valence-corrected chi connectivity index (χ1v) is 6.19. The highest BCUT2D eigenvalue weighted by molar-refractivity contribution is 8.00. The van der Waals surface area contributed by atoms with E-state index < -0.39 is 12.0 Å². The Kier molecular flexibility index (Phi) is 5.03. The summed E-state index contributed by atoms with van der Waals surface area (Å²) in [5.41, 5.74) is 1.17. The Balaban J connectivity index is 2.38.